The van der Waals surface area contributed by atoms with Gasteiger partial charge in [0.15, 0.2) is 9.84 Å². The van der Waals surface area contributed by atoms with E-state index in [1.165, 1.54) is 24.3 Å². The number of unbranched alkanes of at least 4 members (excludes halogenated alkanes) is 1. The number of aromatic nitrogens is 1. The lowest BCUT2D eigenvalue weighted by Gasteiger charge is -2.13. The van der Waals surface area contributed by atoms with Crippen molar-refractivity contribution >= 4 is 15.8 Å². The van der Waals surface area contributed by atoms with Crippen LogP contribution < -0.4 is 0 Å². The van der Waals surface area contributed by atoms with E-state index in [0.29, 0.717) is 24.2 Å². The van der Waals surface area contributed by atoms with Gasteiger partial charge in [0.05, 0.1) is 23.6 Å². The van der Waals surface area contributed by atoms with Crippen molar-refractivity contribution in [3.8, 4) is 16.9 Å². The second kappa shape index (κ2) is 10.1. The number of carbonyl (C=O) groups is 1. The quantitative estimate of drug-likeness (QED) is 0.388. The molecular formula is C24H26FNO5S. The average molecular weight is 460 g/mol. The fraction of sp³-hybridized carbons (Fsp3) is 0.292. The van der Waals surface area contributed by atoms with Crippen LogP contribution in [0.2, 0.25) is 0 Å². The fourth-order valence-electron chi connectivity index (χ4n) is 3.48. The van der Waals surface area contributed by atoms with Crippen molar-refractivity contribution in [2.24, 2.45) is 0 Å². The molecule has 170 valence electrons. The Hall–Kier alpha value is -2.97. The molecular weight excluding hydrogens is 433 g/mol. The summed E-state index contributed by atoms with van der Waals surface area (Å²) >= 11 is 0. The van der Waals surface area contributed by atoms with Gasteiger partial charge in [-0.2, -0.15) is 0 Å². The van der Waals surface area contributed by atoms with Gasteiger partial charge >= 0.3 is 5.97 Å². The highest BCUT2D eigenvalue weighted by Crippen LogP contribution is 2.31. The number of sulfone groups is 1. The molecule has 1 N–H and O–H groups in total. The lowest BCUT2D eigenvalue weighted by Crippen LogP contribution is -2.10. The van der Waals surface area contributed by atoms with Gasteiger partial charge in [0.1, 0.15) is 5.82 Å². The molecule has 0 aliphatic rings. The number of carbonyl (C=O) groups excluding carboxylic acids is 1. The van der Waals surface area contributed by atoms with Gasteiger partial charge in [-0.15, -0.1) is 0 Å². The molecule has 0 fully saturated rings. The van der Waals surface area contributed by atoms with Gasteiger partial charge < -0.3 is 14.4 Å². The molecule has 3 rings (SSSR count). The molecule has 0 aliphatic heterocycles. The Morgan fingerprint density at radius 1 is 1.09 bits per heavy atom. The van der Waals surface area contributed by atoms with E-state index in [0.717, 1.165) is 23.1 Å². The summed E-state index contributed by atoms with van der Waals surface area (Å²) in [5, 5.41) is 8.83. The maximum absolute atomic E-state index is 13.9. The molecule has 0 unspecified atom stereocenters. The smallest absolute Gasteiger partial charge is 0.310 e. The summed E-state index contributed by atoms with van der Waals surface area (Å²) in [6.07, 6.45) is 2.34. The first-order valence-corrected chi connectivity index (χ1v) is 12.1. The van der Waals surface area contributed by atoms with Crippen molar-refractivity contribution in [2.45, 2.75) is 31.1 Å². The standard InChI is InChI=1S/C24H26FNO5S/c1-17-19(15-24(28)31-13-4-3-12-27)14-23(26(17)21-7-5-6-20(25)16-21)18-8-10-22(11-9-18)32(2,29)30/h5-11,14,16,27H,3-4,12-13,15H2,1-2H3. The molecule has 2 aromatic carbocycles. The third-order valence-electron chi connectivity index (χ3n) is 5.15. The summed E-state index contributed by atoms with van der Waals surface area (Å²) < 4.78 is 44.6. The first-order chi connectivity index (χ1) is 15.2. The van der Waals surface area contributed by atoms with E-state index in [4.69, 9.17) is 9.84 Å². The summed E-state index contributed by atoms with van der Waals surface area (Å²) in [6, 6.07) is 14.4. The van der Waals surface area contributed by atoms with Crippen molar-refractivity contribution in [1.29, 1.82) is 0 Å². The second-order valence-corrected chi connectivity index (χ2v) is 9.60. The predicted octanol–water partition coefficient (Wildman–Crippen LogP) is 3.85. The van der Waals surface area contributed by atoms with Gasteiger partial charge in [-0.3, -0.25) is 4.79 Å². The molecule has 0 spiro atoms. The number of hydrogen-bond donors (Lipinski definition) is 1. The molecule has 0 saturated heterocycles. The third-order valence-corrected chi connectivity index (χ3v) is 6.28. The van der Waals surface area contributed by atoms with Crippen molar-refractivity contribution < 1.29 is 27.4 Å². The number of benzene rings is 2. The van der Waals surface area contributed by atoms with Crippen molar-refractivity contribution in [3.05, 3.63) is 71.7 Å². The van der Waals surface area contributed by atoms with E-state index in [-0.39, 0.29) is 36.3 Å². The average Bonchev–Trinajstić information content (AvgIpc) is 3.06. The number of rotatable bonds is 9. The van der Waals surface area contributed by atoms with Crippen LogP contribution in [0.5, 0.6) is 0 Å². The minimum absolute atomic E-state index is 0.0434. The maximum atomic E-state index is 13.9. The Balaban J connectivity index is 2.00. The van der Waals surface area contributed by atoms with Crippen LogP contribution in [-0.4, -0.2) is 43.5 Å². The van der Waals surface area contributed by atoms with Crippen LogP contribution in [0.25, 0.3) is 16.9 Å². The SMILES string of the molecule is Cc1c(CC(=O)OCCCCO)cc(-c2ccc(S(C)(=O)=O)cc2)n1-c1cccc(F)c1. The molecule has 6 nitrogen and oxygen atoms in total. The minimum atomic E-state index is -3.33. The van der Waals surface area contributed by atoms with Crippen LogP contribution in [0, 0.1) is 12.7 Å². The van der Waals surface area contributed by atoms with Crippen molar-refractivity contribution in [1.82, 2.24) is 4.57 Å². The van der Waals surface area contributed by atoms with Crippen LogP contribution in [0.15, 0.2) is 59.5 Å². The second-order valence-electron chi connectivity index (χ2n) is 7.58. The Morgan fingerprint density at radius 3 is 2.44 bits per heavy atom. The van der Waals surface area contributed by atoms with E-state index in [9.17, 15) is 17.6 Å². The molecule has 0 bridgehead atoms. The topological polar surface area (TPSA) is 85.6 Å². The zero-order valence-corrected chi connectivity index (χ0v) is 18.9. The number of hydrogen-bond acceptors (Lipinski definition) is 5. The van der Waals surface area contributed by atoms with Crippen LogP contribution in [0.1, 0.15) is 24.1 Å². The summed E-state index contributed by atoms with van der Waals surface area (Å²) in [6.45, 7) is 2.13. The third kappa shape index (κ3) is 5.63. The molecule has 8 heteroatoms. The number of ether oxygens (including phenoxy) is 1. The number of aliphatic hydroxyl groups is 1. The van der Waals surface area contributed by atoms with Crippen LogP contribution >= 0.6 is 0 Å². The monoisotopic (exact) mass is 459 g/mol. The summed E-state index contributed by atoms with van der Waals surface area (Å²) in [7, 11) is -3.33. The molecule has 3 aromatic rings. The summed E-state index contributed by atoms with van der Waals surface area (Å²) in [4.78, 5) is 12.5. The Morgan fingerprint density at radius 2 is 1.81 bits per heavy atom. The van der Waals surface area contributed by atoms with Crippen LogP contribution in [0.3, 0.4) is 0 Å². The van der Waals surface area contributed by atoms with Gasteiger partial charge in [-0.25, -0.2) is 12.8 Å². The molecule has 1 heterocycles. The van der Waals surface area contributed by atoms with Crippen molar-refractivity contribution in [3.63, 3.8) is 0 Å². The lowest BCUT2D eigenvalue weighted by atomic mass is 10.1. The van der Waals surface area contributed by atoms with E-state index < -0.39 is 9.84 Å². The molecule has 0 atom stereocenters. The molecule has 0 radical (unpaired) electrons. The number of halogens is 1. The highest BCUT2D eigenvalue weighted by molar-refractivity contribution is 7.90. The highest BCUT2D eigenvalue weighted by atomic mass is 32.2. The largest absolute Gasteiger partial charge is 0.465 e. The Bertz CT molecular complexity index is 1200. The molecule has 0 saturated carbocycles. The van der Waals surface area contributed by atoms with E-state index in [1.807, 2.05) is 17.6 Å². The summed E-state index contributed by atoms with van der Waals surface area (Å²) in [5.74, 6) is -0.778. The number of nitrogens with zero attached hydrogens (tertiary/aromatic N) is 1. The normalized spacial score (nSPS) is 11.5. The minimum Gasteiger partial charge on any atom is -0.465 e. The predicted molar refractivity (Wildman–Crippen MR) is 120 cm³/mol. The van der Waals surface area contributed by atoms with Gasteiger partial charge in [-0.05, 0) is 67.3 Å². The first-order valence-electron chi connectivity index (χ1n) is 10.2. The Labute approximate surface area is 187 Å². The van der Waals surface area contributed by atoms with Crippen LogP contribution in [0.4, 0.5) is 4.39 Å². The van der Waals surface area contributed by atoms with Crippen molar-refractivity contribution in [2.75, 3.05) is 19.5 Å². The van der Waals surface area contributed by atoms with Gasteiger partial charge in [-0.1, -0.05) is 18.2 Å². The molecule has 32 heavy (non-hydrogen) atoms. The Kier molecular flexibility index (Phi) is 7.48. The molecule has 0 aliphatic carbocycles. The van der Waals surface area contributed by atoms with E-state index in [2.05, 4.69) is 0 Å². The first kappa shape index (κ1) is 23.7. The fourth-order valence-corrected chi connectivity index (χ4v) is 4.11. The number of esters is 1. The number of aliphatic hydroxyl groups excluding tert-OH is 1. The summed E-state index contributed by atoms with van der Waals surface area (Å²) in [5.41, 5.74) is 3.50. The van der Waals surface area contributed by atoms with Crippen LogP contribution in [-0.2, 0) is 25.8 Å². The highest BCUT2D eigenvalue weighted by Gasteiger charge is 2.18. The van der Waals surface area contributed by atoms with E-state index >= 15 is 0 Å². The van der Waals surface area contributed by atoms with Gasteiger partial charge in [0.2, 0.25) is 0 Å². The van der Waals surface area contributed by atoms with E-state index in [1.54, 1.807) is 24.3 Å². The lowest BCUT2D eigenvalue weighted by molar-refractivity contribution is -0.143. The molecule has 0 amide bonds. The zero-order valence-electron chi connectivity index (χ0n) is 18.0. The zero-order chi connectivity index (χ0) is 23.3. The maximum Gasteiger partial charge on any atom is 0.310 e. The molecule has 1 aromatic heterocycles. The van der Waals surface area contributed by atoms with Gasteiger partial charge in [0, 0.05) is 24.2 Å². The van der Waals surface area contributed by atoms with Gasteiger partial charge in [0.25, 0.3) is 0 Å².